The summed E-state index contributed by atoms with van der Waals surface area (Å²) in [6.07, 6.45) is -2.35. The van der Waals surface area contributed by atoms with Crippen molar-refractivity contribution in [3.63, 3.8) is 0 Å². The van der Waals surface area contributed by atoms with E-state index in [4.69, 9.17) is 27.9 Å². The summed E-state index contributed by atoms with van der Waals surface area (Å²) in [4.78, 5) is 18.1. The molecule has 0 aliphatic carbocycles. The molecule has 1 fully saturated rings. The lowest BCUT2D eigenvalue weighted by molar-refractivity contribution is -0.137. The van der Waals surface area contributed by atoms with Gasteiger partial charge in [0.25, 0.3) is 5.56 Å². The maximum atomic E-state index is 12.9. The van der Waals surface area contributed by atoms with Gasteiger partial charge in [-0.25, -0.2) is 4.98 Å². The summed E-state index contributed by atoms with van der Waals surface area (Å²) in [6.45, 7) is 0.924. The van der Waals surface area contributed by atoms with Crippen LogP contribution in [-0.2, 0) is 13.2 Å². The largest absolute Gasteiger partial charge is 0.489 e. The smallest absolute Gasteiger partial charge is 0.416 e. The second-order valence-corrected chi connectivity index (χ2v) is 7.04. The van der Waals surface area contributed by atoms with E-state index in [1.807, 2.05) is 0 Å². The van der Waals surface area contributed by atoms with Crippen LogP contribution < -0.4 is 15.2 Å². The Bertz CT molecular complexity index is 894. The highest BCUT2D eigenvalue weighted by Crippen LogP contribution is 2.36. The molecule has 0 amide bonds. The van der Waals surface area contributed by atoms with Gasteiger partial charge in [0, 0.05) is 39.2 Å². The molecule has 1 saturated heterocycles. The molecule has 5 nitrogen and oxygen atoms in total. The number of alkyl halides is 3. The number of hydrogen-bond acceptors (Lipinski definition) is 4. The molecular formula is C17H16Cl2F3N3O2. The van der Waals surface area contributed by atoms with Crippen LogP contribution in [-0.4, -0.2) is 28.7 Å². The molecule has 146 valence electrons. The molecule has 2 heterocycles. The molecule has 1 aliphatic rings. The molecule has 27 heavy (non-hydrogen) atoms. The van der Waals surface area contributed by atoms with Crippen molar-refractivity contribution in [2.24, 2.45) is 7.05 Å². The Morgan fingerprint density at radius 2 is 1.89 bits per heavy atom. The van der Waals surface area contributed by atoms with Gasteiger partial charge < -0.3 is 14.2 Å². The van der Waals surface area contributed by atoms with Gasteiger partial charge in [0.15, 0.2) is 5.82 Å². The molecule has 10 heteroatoms. The second-order valence-electron chi connectivity index (χ2n) is 6.25. The first-order valence-electron chi connectivity index (χ1n) is 8.16. The van der Waals surface area contributed by atoms with Crippen LogP contribution in [0.3, 0.4) is 0 Å². The van der Waals surface area contributed by atoms with Gasteiger partial charge in [-0.05, 0) is 18.2 Å². The van der Waals surface area contributed by atoms with Crippen LogP contribution in [0.1, 0.15) is 18.4 Å². The number of hydrogen-bond donors (Lipinski definition) is 0. The monoisotopic (exact) mass is 421 g/mol. The van der Waals surface area contributed by atoms with Gasteiger partial charge in [0.05, 0.1) is 10.6 Å². The highest BCUT2D eigenvalue weighted by Gasteiger charge is 2.32. The number of aromatic nitrogens is 2. The third kappa shape index (κ3) is 4.50. The van der Waals surface area contributed by atoms with E-state index in [0.29, 0.717) is 25.9 Å². The van der Waals surface area contributed by atoms with Crippen molar-refractivity contribution in [1.29, 1.82) is 0 Å². The normalized spacial score (nSPS) is 15.9. The standard InChI is InChI=1S/C17H16Cl2F3N3O2/c1-24-9-14(19)23-15(16(24)26)25-6-4-11(5-7-25)27-13-8-10(17(20,21)22)2-3-12(13)18/h2-3,8-9,11H,4-7H2,1H3. The van der Waals surface area contributed by atoms with Crippen LogP contribution in [0.15, 0.2) is 29.2 Å². The van der Waals surface area contributed by atoms with Crippen molar-refractivity contribution in [3.8, 4) is 5.75 Å². The van der Waals surface area contributed by atoms with Gasteiger partial charge >= 0.3 is 6.18 Å². The van der Waals surface area contributed by atoms with Crippen molar-refractivity contribution >= 4 is 29.0 Å². The summed E-state index contributed by atoms with van der Waals surface area (Å²) in [5, 5.41) is 0.331. The maximum absolute atomic E-state index is 12.9. The first-order chi connectivity index (χ1) is 12.6. The van der Waals surface area contributed by atoms with E-state index in [1.54, 1.807) is 11.9 Å². The molecule has 2 aromatic rings. The predicted molar refractivity (Wildman–Crippen MR) is 96.8 cm³/mol. The van der Waals surface area contributed by atoms with Crippen molar-refractivity contribution in [1.82, 2.24) is 9.55 Å². The molecule has 1 aromatic carbocycles. The number of nitrogens with zero attached hydrogens (tertiary/aromatic N) is 3. The summed E-state index contributed by atoms with van der Waals surface area (Å²) in [5.74, 6) is 0.252. The first-order valence-corrected chi connectivity index (χ1v) is 8.92. The molecule has 0 atom stereocenters. The molecule has 1 aromatic heterocycles. The molecule has 0 saturated carbocycles. The summed E-state index contributed by atoms with van der Waals surface area (Å²) in [5.41, 5.74) is -1.08. The number of benzene rings is 1. The van der Waals surface area contributed by atoms with Crippen LogP contribution in [0.4, 0.5) is 19.0 Å². The van der Waals surface area contributed by atoms with Crippen LogP contribution in [0.5, 0.6) is 5.75 Å². The average Bonchev–Trinajstić information content (AvgIpc) is 2.60. The minimum Gasteiger partial charge on any atom is -0.489 e. The number of piperidine rings is 1. The zero-order chi connectivity index (χ0) is 19.8. The Hall–Kier alpha value is -1.93. The lowest BCUT2D eigenvalue weighted by Crippen LogP contribution is -2.42. The fourth-order valence-corrected chi connectivity index (χ4v) is 3.28. The Kier molecular flexibility index (Phi) is 5.58. The van der Waals surface area contributed by atoms with Crippen LogP contribution in [0.25, 0.3) is 0 Å². The van der Waals surface area contributed by atoms with E-state index >= 15 is 0 Å². The first kappa shape index (κ1) is 19.8. The number of ether oxygens (including phenoxy) is 1. The Balaban J connectivity index is 1.70. The fourth-order valence-electron chi connectivity index (χ4n) is 2.90. The molecule has 0 spiro atoms. The number of halogens is 5. The summed E-state index contributed by atoms with van der Waals surface area (Å²) < 4.78 is 45.6. The van der Waals surface area contributed by atoms with E-state index < -0.39 is 11.7 Å². The molecule has 0 unspecified atom stereocenters. The van der Waals surface area contributed by atoms with Gasteiger partial charge in [0.2, 0.25) is 0 Å². The predicted octanol–water partition coefficient (Wildman–Crippen LogP) is 4.15. The lowest BCUT2D eigenvalue weighted by atomic mass is 10.1. The van der Waals surface area contributed by atoms with Gasteiger partial charge in [-0.2, -0.15) is 13.2 Å². The quantitative estimate of drug-likeness (QED) is 0.746. The average molecular weight is 422 g/mol. The SMILES string of the molecule is Cn1cc(Cl)nc(N2CCC(Oc3cc(C(F)(F)F)ccc3Cl)CC2)c1=O. The summed E-state index contributed by atoms with van der Waals surface area (Å²) >= 11 is 11.9. The van der Waals surface area contributed by atoms with Crippen molar-refractivity contribution < 1.29 is 17.9 Å². The highest BCUT2D eigenvalue weighted by molar-refractivity contribution is 6.32. The Labute approximate surface area is 163 Å². The van der Waals surface area contributed by atoms with Crippen LogP contribution in [0.2, 0.25) is 10.2 Å². The molecule has 0 N–H and O–H groups in total. The third-order valence-corrected chi connectivity index (χ3v) is 4.81. The second kappa shape index (κ2) is 7.59. The molecule has 0 bridgehead atoms. The molecule has 0 radical (unpaired) electrons. The van der Waals surface area contributed by atoms with E-state index in [1.165, 1.54) is 16.8 Å². The van der Waals surface area contributed by atoms with E-state index in [9.17, 15) is 18.0 Å². The highest BCUT2D eigenvalue weighted by atomic mass is 35.5. The number of rotatable bonds is 3. The van der Waals surface area contributed by atoms with Gasteiger partial charge in [-0.3, -0.25) is 4.79 Å². The van der Waals surface area contributed by atoms with Crippen molar-refractivity contribution in [2.75, 3.05) is 18.0 Å². The third-order valence-electron chi connectivity index (χ3n) is 4.32. The fraction of sp³-hybridized carbons (Fsp3) is 0.412. The zero-order valence-electron chi connectivity index (χ0n) is 14.3. The van der Waals surface area contributed by atoms with Crippen molar-refractivity contribution in [3.05, 3.63) is 50.5 Å². The molecular weight excluding hydrogens is 406 g/mol. The zero-order valence-corrected chi connectivity index (χ0v) is 15.8. The molecule has 1 aliphatic heterocycles. The number of anilines is 1. The van der Waals surface area contributed by atoms with Gasteiger partial charge in [-0.15, -0.1) is 0 Å². The topological polar surface area (TPSA) is 47.4 Å². The van der Waals surface area contributed by atoms with E-state index in [-0.39, 0.29) is 33.4 Å². The van der Waals surface area contributed by atoms with Crippen molar-refractivity contribution in [2.45, 2.75) is 25.1 Å². The minimum atomic E-state index is -4.47. The van der Waals surface area contributed by atoms with Crippen LogP contribution >= 0.6 is 23.2 Å². The Morgan fingerprint density at radius 3 is 2.52 bits per heavy atom. The van der Waals surface area contributed by atoms with Crippen LogP contribution in [0, 0.1) is 0 Å². The molecule has 3 rings (SSSR count). The number of aryl methyl sites for hydroxylation is 1. The maximum Gasteiger partial charge on any atom is 0.416 e. The summed E-state index contributed by atoms with van der Waals surface area (Å²) in [7, 11) is 1.59. The van der Waals surface area contributed by atoms with E-state index in [0.717, 1.165) is 12.1 Å². The van der Waals surface area contributed by atoms with Gasteiger partial charge in [-0.1, -0.05) is 23.2 Å². The summed E-state index contributed by atoms with van der Waals surface area (Å²) in [6, 6.07) is 3.00. The minimum absolute atomic E-state index is 0.00161. The lowest BCUT2D eigenvalue weighted by Gasteiger charge is -2.32. The Morgan fingerprint density at radius 1 is 1.22 bits per heavy atom. The van der Waals surface area contributed by atoms with E-state index in [2.05, 4.69) is 4.98 Å². The van der Waals surface area contributed by atoms with Gasteiger partial charge in [0.1, 0.15) is 17.0 Å².